The van der Waals surface area contributed by atoms with E-state index in [4.69, 9.17) is 4.74 Å². The van der Waals surface area contributed by atoms with Crippen LogP contribution in [0.4, 0.5) is 4.39 Å². The molecule has 3 N–H and O–H groups in total. The van der Waals surface area contributed by atoms with E-state index < -0.39 is 12.2 Å². The lowest BCUT2D eigenvalue weighted by Gasteiger charge is -2.38. The molecule has 0 aliphatic carbocycles. The summed E-state index contributed by atoms with van der Waals surface area (Å²) >= 11 is 0. The highest BCUT2D eigenvalue weighted by molar-refractivity contribution is 5.44. The number of benzene rings is 2. The van der Waals surface area contributed by atoms with Crippen LogP contribution in [0.15, 0.2) is 59.7 Å². The fourth-order valence-corrected chi connectivity index (χ4v) is 4.25. The van der Waals surface area contributed by atoms with Crippen LogP contribution in [-0.4, -0.2) is 65.5 Å². The Morgan fingerprint density at radius 3 is 2.43 bits per heavy atom. The molecule has 3 aromatic rings. The van der Waals surface area contributed by atoms with E-state index in [9.17, 15) is 14.3 Å². The molecule has 1 unspecified atom stereocenters. The summed E-state index contributed by atoms with van der Waals surface area (Å²) in [6, 6.07) is 15.9. The average Bonchev–Trinajstić information content (AvgIpc) is 2.90. The van der Waals surface area contributed by atoms with Crippen LogP contribution in [0.2, 0.25) is 0 Å². The van der Waals surface area contributed by atoms with Gasteiger partial charge in [0.2, 0.25) is 5.75 Å². The molecule has 1 saturated heterocycles. The first-order valence-corrected chi connectivity index (χ1v) is 12.5. The van der Waals surface area contributed by atoms with Crippen LogP contribution in [0, 0.1) is 11.8 Å². The molecule has 1 fully saturated rings. The number of alkyl halides is 1. The molecule has 1 aliphatic heterocycles. The zero-order valence-electron chi connectivity index (χ0n) is 21.2. The molecule has 2 heterocycles. The van der Waals surface area contributed by atoms with Crippen LogP contribution in [0.25, 0.3) is 0 Å². The van der Waals surface area contributed by atoms with Gasteiger partial charge in [-0.2, -0.15) is 0 Å². The number of halogens is 1. The third kappa shape index (κ3) is 7.26. The standard InChI is InChI=1S/C29H33FN4O3/c1-20(14-30)31-15-25(13-27-28(35)29(36)33-19-32-27)24-11-9-22(10-12-24)4-3-21-5-7-23(8-6-21)16-34-17-26(18-34)37-2/h5-12,19-20,25-26,31,35H,13-18H2,1-2H3,(H,32,33,36)/t20-,25?/m0/s1. The molecule has 7 nitrogen and oxygen atoms in total. The second-order valence-electron chi connectivity index (χ2n) is 9.51. The molecule has 1 aliphatic rings. The summed E-state index contributed by atoms with van der Waals surface area (Å²) in [4.78, 5) is 20.6. The summed E-state index contributed by atoms with van der Waals surface area (Å²) < 4.78 is 18.3. The smallest absolute Gasteiger partial charge is 0.293 e. The Kier molecular flexibility index (Phi) is 9.07. The monoisotopic (exact) mass is 504 g/mol. The Balaban J connectivity index is 1.42. The van der Waals surface area contributed by atoms with Gasteiger partial charge >= 0.3 is 0 Å². The van der Waals surface area contributed by atoms with Gasteiger partial charge in [-0.05, 0) is 42.3 Å². The molecule has 2 aromatic carbocycles. The van der Waals surface area contributed by atoms with Gasteiger partial charge in [-0.15, -0.1) is 0 Å². The molecule has 0 bridgehead atoms. The van der Waals surface area contributed by atoms with E-state index in [0.717, 1.165) is 36.3 Å². The first-order valence-electron chi connectivity index (χ1n) is 12.5. The van der Waals surface area contributed by atoms with Crippen molar-refractivity contribution in [1.82, 2.24) is 20.2 Å². The minimum atomic E-state index is -0.576. The van der Waals surface area contributed by atoms with Crippen LogP contribution in [0.1, 0.15) is 40.8 Å². The average molecular weight is 505 g/mol. The van der Waals surface area contributed by atoms with Crippen molar-refractivity contribution >= 4 is 0 Å². The zero-order chi connectivity index (χ0) is 26.2. The fraction of sp³-hybridized carbons (Fsp3) is 0.379. The largest absolute Gasteiger partial charge is 0.502 e. The summed E-state index contributed by atoms with van der Waals surface area (Å²) in [6.45, 7) is 4.62. The molecule has 0 amide bonds. The van der Waals surface area contributed by atoms with Gasteiger partial charge < -0.3 is 20.1 Å². The maximum absolute atomic E-state index is 13.0. The van der Waals surface area contributed by atoms with Crippen molar-refractivity contribution in [2.75, 3.05) is 33.4 Å². The van der Waals surface area contributed by atoms with Crippen LogP contribution in [-0.2, 0) is 17.7 Å². The molecule has 0 spiro atoms. The number of nitrogens with zero attached hydrogens (tertiary/aromatic N) is 2. The topological polar surface area (TPSA) is 90.5 Å². The summed E-state index contributed by atoms with van der Waals surface area (Å²) in [7, 11) is 1.76. The van der Waals surface area contributed by atoms with Crippen LogP contribution >= 0.6 is 0 Å². The van der Waals surface area contributed by atoms with Crippen molar-refractivity contribution in [1.29, 1.82) is 0 Å². The number of hydrogen-bond acceptors (Lipinski definition) is 6. The van der Waals surface area contributed by atoms with Gasteiger partial charge in [0.15, 0.2) is 0 Å². The van der Waals surface area contributed by atoms with Crippen molar-refractivity contribution in [2.45, 2.75) is 38.0 Å². The molecule has 4 rings (SSSR count). The molecule has 194 valence electrons. The summed E-state index contributed by atoms with van der Waals surface area (Å²) in [6.07, 6.45) is 1.97. The van der Waals surface area contributed by atoms with Crippen LogP contribution in [0.3, 0.4) is 0 Å². The van der Waals surface area contributed by atoms with Gasteiger partial charge in [0.25, 0.3) is 5.56 Å². The predicted octanol–water partition coefficient (Wildman–Crippen LogP) is 2.98. The lowest BCUT2D eigenvalue weighted by atomic mass is 9.92. The van der Waals surface area contributed by atoms with Gasteiger partial charge in [-0.3, -0.25) is 9.69 Å². The number of nitrogens with one attached hydrogen (secondary N) is 2. The summed E-state index contributed by atoms with van der Waals surface area (Å²) in [5, 5.41) is 13.3. The van der Waals surface area contributed by atoms with Crippen molar-refractivity contribution in [3.8, 4) is 17.6 Å². The van der Waals surface area contributed by atoms with Crippen LogP contribution in [0.5, 0.6) is 5.75 Å². The number of ether oxygens (including phenoxy) is 1. The summed E-state index contributed by atoms with van der Waals surface area (Å²) in [5.41, 5.74) is 3.80. The van der Waals surface area contributed by atoms with Crippen molar-refractivity contribution < 1.29 is 14.2 Å². The van der Waals surface area contributed by atoms with Crippen molar-refractivity contribution in [3.63, 3.8) is 0 Å². The number of likely N-dealkylation sites (tertiary alicyclic amines) is 1. The van der Waals surface area contributed by atoms with E-state index in [0.29, 0.717) is 24.8 Å². The van der Waals surface area contributed by atoms with E-state index >= 15 is 0 Å². The van der Waals surface area contributed by atoms with Gasteiger partial charge in [-0.25, -0.2) is 9.37 Å². The number of aromatic nitrogens is 2. The number of H-pyrrole nitrogens is 1. The second-order valence-corrected chi connectivity index (χ2v) is 9.51. The normalized spacial score (nSPS) is 15.4. The highest BCUT2D eigenvalue weighted by atomic mass is 19.1. The third-order valence-corrected chi connectivity index (χ3v) is 6.64. The molecule has 0 saturated carbocycles. The Hall–Kier alpha value is -3.51. The molecular weight excluding hydrogens is 471 g/mol. The highest BCUT2D eigenvalue weighted by Crippen LogP contribution is 2.23. The lowest BCUT2D eigenvalue weighted by molar-refractivity contribution is -0.0333. The number of aromatic amines is 1. The lowest BCUT2D eigenvalue weighted by Crippen LogP contribution is -2.50. The van der Waals surface area contributed by atoms with Crippen molar-refractivity contribution in [2.24, 2.45) is 0 Å². The van der Waals surface area contributed by atoms with Crippen LogP contribution < -0.4 is 10.9 Å². The maximum Gasteiger partial charge on any atom is 0.293 e. The molecule has 8 heteroatoms. The number of methoxy groups -OCH3 is 1. The molecular formula is C29H33FN4O3. The molecule has 2 atom stereocenters. The Morgan fingerprint density at radius 2 is 1.81 bits per heavy atom. The minimum absolute atomic E-state index is 0.116. The van der Waals surface area contributed by atoms with E-state index in [2.05, 4.69) is 44.2 Å². The minimum Gasteiger partial charge on any atom is -0.502 e. The molecule has 1 aromatic heterocycles. The zero-order valence-corrected chi connectivity index (χ0v) is 21.2. The number of aromatic hydroxyl groups is 1. The Labute approximate surface area is 216 Å². The third-order valence-electron chi connectivity index (χ3n) is 6.64. The van der Waals surface area contributed by atoms with Gasteiger partial charge in [0.1, 0.15) is 6.67 Å². The molecule has 37 heavy (non-hydrogen) atoms. The molecule has 0 radical (unpaired) electrons. The second kappa shape index (κ2) is 12.6. The quantitative estimate of drug-likeness (QED) is 0.368. The van der Waals surface area contributed by atoms with Gasteiger partial charge in [0.05, 0.1) is 18.1 Å². The summed E-state index contributed by atoms with van der Waals surface area (Å²) in [5.74, 6) is 5.92. The van der Waals surface area contributed by atoms with Gasteiger partial charge in [0, 0.05) is 62.8 Å². The first kappa shape index (κ1) is 26.6. The number of rotatable bonds is 10. The first-order chi connectivity index (χ1) is 17.9. The number of hydrogen-bond donors (Lipinski definition) is 3. The van der Waals surface area contributed by atoms with Crippen molar-refractivity contribution in [3.05, 3.63) is 93.2 Å². The van der Waals surface area contributed by atoms with Gasteiger partial charge in [-0.1, -0.05) is 36.1 Å². The fourth-order valence-electron chi connectivity index (χ4n) is 4.25. The Bertz CT molecular complexity index is 1280. The predicted molar refractivity (Wildman–Crippen MR) is 141 cm³/mol. The van der Waals surface area contributed by atoms with E-state index in [-0.39, 0.29) is 17.7 Å². The SMILES string of the molecule is COC1CN(Cc2ccc(C#Cc3ccc(C(CN[C@@H](C)CF)Cc4nc[nH]c(=O)c4O)cc3)cc2)C1. The van der Waals surface area contributed by atoms with E-state index in [1.165, 1.54) is 11.9 Å². The highest BCUT2D eigenvalue weighted by Gasteiger charge is 2.25. The van der Waals surface area contributed by atoms with E-state index in [1.54, 1.807) is 14.0 Å². The Morgan fingerprint density at radius 1 is 1.16 bits per heavy atom. The van der Waals surface area contributed by atoms with E-state index in [1.807, 2.05) is 36.4 Å². The maximum atomic E-state index is 13.0.